The molecule has 2 aromatic rings. The van der Waals surface area contributed by atoms with Gasteiger partial charge in [-0.25, -0.2) is 14.8 Å². The number of hydrogen-bond donors (Lipinski definition) is 1. The minimum Gasteiger partial charge on any atom is -0.477 e. The van der Waals surface area contributed by atoms with Crippen LogP contribution in [0.2, 0.25) is 0 Å². The minimum absolute atomic E-state index is 0.119. The highest BCUT2D eigenvalue weighted by atomic mass is 32.1. The van der Waals surface area contributed by atoms with Gasteiger partial charge in [0.25, 0.3) is 5.91 Å². The van der Waals surface area contributed by atoms with E-state index in [2.05, 4.69) is 9.97 Å². The molecule has 1 atom stereocenters. The number of nitrogens with zero attached hydrogens (tertiary/aromatic N) is 3. The molecule has 0 aliphatic heterocycles. The van der Waals surface area contributed by atoms with Crippen LogP contribution in [0, 0.1) is 13.8 Å². The van der Waals surface area contributed by atoms with E-state index in [9.17, 15) is 9.59 Å². The predicted octanol–water partition coefficient (Wildman–Crippen LogP) is 2.69. The molecule has 0 saturated carbocycles. The van der Waals surface area contributed by atoms with Crippen LogP contribution in [0.3, 0.4) is 0 Å². The summed E-state index contributed by atoms with van der Waals surface area (Å²) in [5.74, 6) is -1.47. The second-order valence-electron chi connectivity index (χ2n) is 4.99. The molecule has 6 nitrogen and oxygen atoms in total. The lowest BCUT2D eigenvalue weighted by atomic mass is 10.2. The highest BCUT2D eigenvalue weighted by Crippen LogP contribution is 2.28. The van der Waals surface area contributed by atoms with E-state index in [1.54, 1.807) is 23.3 Å². The van der Waals surface area contributed by atoms with Crippen molar-refractivity contribution in [2.75, 3.05) is 7.05 Å². The summed E-state index contributed by atoms with van der Waals surface area (Å²) in [5, 5.41) is 9.91. The number of carboxylic acid groups (broad SMARTS) is 1. The molecule has 0 aliphatic carbocycles. The summed E-state index contributed by atoms with van der Waals surface area (Å²) < 4.78 is 0. The van der Waals surface area contributed by atoms with E-state index in [1.807, 2.05) is 20.8 Å². The molecule has 0 aromatic carbocycles. The normalized spacial score (nSPS) is 12.0. The number of aromatic nitrogens is 2. The average Bonchev–Trinajstić information content (AvgIpc) is 2.83. The Morgan fingerprint density at radius 1 is 1.23 bits per heavy atom. The summed E-state index contributed by atoms with van der Waals surface area (Å²) in [5.41, 5.74) is 0.881. The molecule has 1 N–H and O–H groups in total. The highest BCUT2D eigenvalue weighted by Gasteiger charge is 2.23. The first-order valence-electron chi connectivity index (χ1n) is 6.72. The summed E-state index contributed by atoms with van der Waals surface area (Å²) in [6.45, 7) is 5.75. The Morgan fingerprint density at radius 2 is 1.86 bits per heavy atom. The van der Waals surface area contributed by atoms with Crippen LogP contribution in [0.4, 0.5) is 0 Å². The van der Waals surface area contributed by atoms with Crippen LogP contribution in [0.5, 0.6) is 0 Å². The van der Waals surface area contributed by atoms with Crippen molar-refractivity contribution in [2.24, 2.45) is 0 Å². The number of thiazole rings is 1. The lowest BCUT2D eigenvalue weighted by Crippen LogP contribution is -2.30. The van der Waals surface area contributed by atoms with Gasteiger partial charge >= 0.3 is 5.97 Å². The van der Waals surface area contributed by atoms with Gasteiger partial charge in [0.05, 0.1) is 16.7 Å². The molecule has 0 bridgehead atoms. The van der Waals surface area contributed by atoms with Gasteiger partial charge in [-0.1, -0.05) is 6.07 Å². The van der Waals surface area contributed by atoms with Gasteiger partial charge in [0.15, 0.2) is 0 Å². The Hall–Kier alpha value is -2.28. The number of aryl methyl sites for hydroxylation is 2. The topological polar surface area (TPSA) is 83.4 Å². The predicted molar refractivity (Wildman–Crippen MR) is 83.3 cm³/mol. The summed E-state index contributed by atoms with van der Waals surface area (Å²) in [4.78, 5) is 34.3. The van der Waals surface area contributed by atoms with E-state index < -0.39 is 5.97 Å². The fourth-order valence-corrected chi connectivity index (χ4v) is 3.16. The molecule has 2 heterocycles. The number of carbonyl (C=O) groups excluding carboxylic acids is 1. The fraction of sp³-hybridized carbons (Fsp3) is 0.333. The lowest BCUT2D eigenvalue weighted by molar-refractivity contribution is 0.0689. The molecule has 0 aliphatic rings. The summed E-state index contributed by atoms with van der Waals surface area (Å²) >= 11 is 1.55. The molecule has 2 rings (SSSR count). The SMILES string of the molecule is Cc1nc(C)c(C(C)N(C)C(=O)c2cccc(C(=O)O)n2)s1. The van der Waals surface area contributed by atoms with Crippen LogP contribution in [-0.4, -0.2) is 38.9 Å². The Balaban J connectivity index is 2.27. The maximum atomic E-state index is 12.5. The monoisotopic (exact) mass is 319 g/mol. The second kappa shape index (κ2) is 6.23. The molecule has 116 valence electrons. The van der Waals surface area contributed by atoms with E-state index in [0.717, 1.165) is 15.6 Å². The van der Waals surface area contributed by atoms with E-state index in [0.29, 0.717) is 0 Å². The first kappa shape index (κ1) is 16.1. The number of aromatic carboxylic acids is 1. The van der Waals surface area contributed by atoms with E-state index in [4.69, 9.17) is 5.11 Å². The first-order valence-corrected chi connectivity index (χ1v) is 7.54. The molecule has 0 saturated heterocycles. The zero-order valence-electron chi connectivity index (χ0n) is 12.8. The average molecular weight is 319 g/mol. The van der Waals surface area contributed by atoms with Crippen molar-refractivity contribution in [1.82, 2.24) is 14.9 Å². The molecule has 1 unspecified atom stereocenters. The Labute approximate surface area is 132 Å². The van der Waals surface area contributed by atoms with Gasteiger partial charge < -0.3 is 10.0 Å². The quantitative estimate of drug-likeness (QED) is 0.936. The molecule has 22 heavy (non-hydrogen) atoms. The van der Waals surface area contributed by atoms with Gasteiger partial charge in [-0.05, 0) is 32.9 Å². The maximum absolute atomic E-state index is 12.5. The standard InChI is InChI=1S/C15H17N3O3S/c1-8-13(22-10(3)16-8)9(2)18(4)14(19)11-6-5-7-12(17-11)15(20)21/h5-7,9H,1-4H3,(H,20,21). The number of pyridine rings is 1. The van der Waals surface area contributed by atoms with Crippen molar-refractivity contribution in [2.45, 2.75) is 26.8 Å². The van der Waals surface area contributed by atoms with Crippen LogP contribution in [0.1, 0.15) is 49.5 Å². The van der Waals surface area contributed by atoms with E-state index >= 15 is 0 Å². The number of hydrogen-bond acceptors (Lipinski definition) is 5. The van der Waals surface area contributed by atoms with Gasteiger partial charge in [0, 0.05) is 11.9 Å². The van der Waals surface area contributed by atoms with Crippen LogP contribution < -0.4 is 0 Å². The highest BCUT2D eigenvalue weighted by molar-refractivity contribution is 7.11. The van der Waals surface area contributed by atoms with Gasteiger partial charge in [-0.15, -0.1) is 11.3 Å². The van der Waals surface area contributed by atoms with Crippen LogP contribution >= 0.6 is 11.3 Å². The number of carboxylic acids is 1. The lowest BCUT2D eigenvalue weighted by Gasteiger charge is -2.24. The third-order valence-electron chi connectivity index (χ3n) is 3.41. The fourth-order valence-electron chi connectivity index (χ4n) is 2.14. The first-order chi connectivity index (χ1) is 10.3. The number of rotatable bonds is 4. The number of carbonyl (C=O) groups is 2. The van der Waals surface area contributed by atoms with Crippen molar-refractivity contribution in [3.8, 4) is 0 Å². The zero-order valence-corrected chi connectivity index (χ0v) is 13.6. The van der Waals surface area contributed by atoms with Crippen molar-refractivity contribution in [3.05, 3.63) is 45.2 Å². The second-order valence-corrected chi connectivity index (χ2v) is 6.22. The molecule has 1 amide bonds. The molecular weight excluding hydrogens is 302 g/mol. The summed E-state index contributed by atoms with van der Waals surface area (Å²) in [6.07, 6.45) is 0. The Morgan fingerprint density at radius 3 is 2.41 bits per heavy atom. The van der Waals surface area contributed by atoms with Crippen molar-refractivity contribution in [3.63, 3.8) is 0 Å². The summed E-state index contributed by atoms with van der Waals surface area (Å²) in [6, 6.07) is 4.24. The zero-order chi connectivity index (χ0) is 16.4. The van der Waals surface area contributed by atoms with Crippen molar-refractivity contribution >= 4 is 23.2 Å². The van der Waals surface area contributed by atoms with Gasteiger partial charge in [-0.3, -0.25) is 4.79 Å². The smallest absolute Gasteiger partial charge is 0.354 e. The molecule has 7 heteroatoms. The molecular formula is C15H17N3O3S. The van der Waals surface area contributed by atoms with Crippen LogP contribution in [-0.2, 0) is 0 Å². The van der Waals surface area contributed by atoms with Crippen LogP contribution in [0.25, 0.3) is 0 Å². The molecule has 0 spiro atoms. The maximum Gasteiger partial charge on any atom is 0.354 e. The molecule has 2 aromatic heterocycles. The molecule has 0 radical (unpaired) electrons. The largest absolute Gasteiger partial charge is 0.477 e. The van der Waals surface area contributed by atoms with Gasteiger partial charge in [0.2, 0.25) is 0 Å². The Bertz CT molecular complexity index is 727. The summed E-state index contributed by atoms with van der Waals surface area (Å²) in [7, 11) is 1.68. The Kier molecular flexibility index (Phi) is 4.56. The van der Waals surface area contributed by atoms with Gasteiger partial charge in [0.1, 0.15) is 11.4 Å². The van der Waals surface area contributed by atoms with E-state index in [-0.39, 0.29) is 23.3 Å². The minimum atomic E-state index is -1.15. The van der Waals surface area contributed by atoms with Crippen LogP contribution in [0.15, 0.2) is 18.2 Å². The van der Waals surface area contributed by atoms with Crippen molar-refractivity contribution < 1.29 is 14.7 Å². The van der Waals surface area contributed by atoms with Crippen molar-refractivity contribution in [1.29, 1.82) is 0 Å². The third kappa shape index (κ3) is 3.14. The third-order valence-corrected chi connectivity index (χ3v) is 4.65. The van der Waals surface area contributed by atoms with E-state index in [1.165, 1.54) is 18.2 Å². The van der Waals surface area contributed by atoms with Gasteiger partial charge in [-0.2, -0.15) is 0 Å². The number of amides is 1. The molecule has 0 fully saturated rings.